The molecule has 13 nitrogen and oxygen atoms in total. The molecule has 3 atom stereocenters. The standard InChI is InChI=1S/C26H43N3O6.C8H8N2O2.C2H6/c1-6-12-19(24(32)34-7-2)27-22(30)20-15-11-16-29(20)23(31)21(18-13-9-8-10-14-18)28-25(33)35-17-26(3,4)5;11-8(12)10-4-6-2-1-3-9-7(6)5-10;1-2/h6,18-21H,1,7-17H2,2-5H3,(H,27,30)(H,28,33);1-3H,4-5H2,(H,11,12);1-2H3. The Balaban J connectivity index is 0.000000491. The van der Waals surface area contributed by atoms with Gasteiger partial charge in [0.2, 0.25) is 11.8 Å². The van der Waals surface area contributed by atoms with Crippen LogP contribution in [0.3, 0.4) is 0 Å². The third-order valence-corrected chi connectivity index (χ3v) is 8.38. The number of amides is 4. The number of esters is 1. The van der Waals surface area contributed by atoms with Gasteiger partial charge in [-0.25, -0.2) is 14.4 Å². The SMILES string of the molecule is C=CCC(NC(=O)C1CCCN1C(=O)C(NC(=O)OCC(C)(C)C)C1CCCCC1)C(=O)OCC.CC.O=C(O)N1Cc2cccnc2C1. The predicted octanol–water partition coefficient (Wildman–Crippen LogP) is 5.42. The van der Waals surface area contributed by atoms with Crippen molar-refractivity contribution in [1.29, 1.82) is 0 Å². The van der Waals surface area contributed by atoms with E-state index in [2.05, 4.69) is 22.2 Å². The van der Waals surface area contributed by atoms with Crippen LogP contribution in [0.25, 0.3) is 0 Å². The van der Waals surface area contributed by atoms with Gasteiger partial charge < -0.3 is 30.1 Å². The Bertz CT molecular complexity index is 1240. The lowest BCUT2D eigenvalue weighted by atomic mass is 9.83. The summed E-state index contributed by atoms with van der Waals surface area (Å²) in [4.78, 5) is 69.2. The number of carbonyl (C=O) groups is 5. The molecule has 1 aromatic heterocycles. The molecule has 0 aromatic carbocycles. The van der Waals surface area contributed by atoms with Crippen LogP contribution in [0.15, 0.2) is 31.0 Å². The topological polar surface area (TPSA) is 167 Å². The van der Waals surface area contributed by atoms with Crippen molar-refractivity contribution in [1.82, 2.24) is 25.4 Å². The van der Waals surface area contributed by atoms with Gasteiger partial charge in [0.05, 0.1) is 32.0 Å². The van der Waals surface area contributed by atoms with E-state index in [-0.39, 0.29) is 36.9 Å². The molecule has 3 unspecified atom stereocenters. The Morgan fingerprint density at radius 2 is 1.73 bits per heavy atom. The second-order valence-corrected chi connectivity index (χ2v) is 13.4. The van der Waals surface area contributed by atoms with E-state index < -0.39 is 42.2 Å². The van der Waals surface area contributed by atoms with Crippen LogP contribution in [0.5, 0.6) is 0 Å². The van der Waals surface area contributed by atoms with Crippen molar-refractivity contribution in [2.24, 2.45) is 11.3 Å². The van der Waals surface area contributed by atoms with E-state index in [1.165, 1.54) is 4.90 Å². The number of pyridine rings is 1. The molecule has 4 amide bonds. The van der Waals surface area contributed by atoms with E-state index in [0.29, 0.717) is 32.5 Å². The van der Waals surface area contributed by atoms with Crippen molar-refractivity contribution in [3.63, 3.8) is 0 Å². The summed E-state index contributed by atoms with van der Waals surface area (Å²) in [5.41, 5.74) is 1.69. The first kappa shape index (κ1) is 41.0. The number of rotatable bonds is 10. The van der Waals surface area contributed by atoms with Gasteiger partial charge in [0.15, 0.2) is 0 Å². The van der Waals surface area contributed by atoms with Crippen LogP contribution >= 0.6 is 0 Å². The number of aromatic nitrogens is 1. The summed E-state index contributed by atoms with van der Waals surface area (Å²) in [6.45, 7) is 17.0. The number of alkyl carbamates (subject to hydrolysis) is 1. The van der Waals surface area contributed by atoms with Crippen molar-refractivity contribution >= 4 is 30.0 Å². The maximum atomic E-state index is 13.7. The van der Waals surface area contributed by atoms with Gasteiger partial charge in [-0.2, -0.15) is 0 Å². The average molecular weight is 688 g/mol. The molecule has 2 fully saturated rings. The monoisotopic (exact) mass is 687 g/mol. The van der Waals surface area contributed by atoms with E-state index in [4.69, 9.17) is 14.6 Å². The van der Waals surface area contributed by atoms with Crippen molar-refractivity contribution < 1.29 is 38.6 Å². The minimum absolute atomic E-state index is 0.00389. The zero-order valence-corrected chi connectivity index (χ0v) is 30.2. The average Bonchev–Trinajstić information content (AvgIpc) is 3.76. The number of hydrogen-bond donors (Lipinski definition) is 3. The zero-order valence-electron chi connectivity index (χ0n) is 30.2. The molecule has 0 bridgehead atoms. The molecule has 1 aliphatic carbocycles. The number of nitrogens with zero attached hydrogens (tertiary/aromatic N) is 3. The van der Waals surface area contributed by atoms with Crippen LogP contribution in [-0.2, 0) is 36.9 Å². The van der Waals surface area contributed by atoms with Crippen LogP contribution in [-0.4, -0.2) is 87.7 Å². The lowest BCUT2D eigenvalue weighted by Crippen LogP contribution is -2.57. The molecule has 1 aromatic rings. The van der Waals surface area contributed by atoms with Crippen molar-refractivity contribution in [3.05, 3.63) is 42.2 Å². The smallest absolute Gasteiger partial charge is 0.407 e. The predicted molar refractivity (Wildman–Crippen MR) is 185 cm³/mol. The molecule has 49 heavy (non-hydrogen) atoms. The number of likely N-dealkylation sites (tertiary alicyclic amines) is 1. The molecule has 2 aliphatic heterocycles. The molecule has 0 radical (unpaired) electrons. The van der Waals surface area contributed by atoms with Crippen molar-refractivity contribution in [3.8, 4) is 0 Å². The molecular weight excluding hydrogens is 630 g/mol. The fourth-order valence-corrected chi connectivity index (χ4v) is 6.01. The normalized spacial score (nSPS) is 18.3. The van der Waals surface area contributed by atoms with Crippen molar-refractivity contribution in [2.75, 3.05) is 19.8 Å². The molecular formula is C36H57N5O8. The molecule has 13 heteroatoms. The second kappa shape index (κ2) is 20.4. The van der Waals surface area contributed by atoms with E-state index >= 15 is 0 Å². The Kier molecular flexibility index (Phi) is 17.1. The summed E-state index contributed by atoms with van der Waals surface area (Å²) in [6.07, 6.45) is 7.92. The number of carbonyl (C=O) groups excluding carboxylic acids is 4. The summed E-state index contributed by atoms with van der Waals surface area (Å²) < 4.78 is 10.4. The van der Waals surface area contributed by atoms with Crippen LogP contribution in [0, 0.1) is 11.3 Å². The van der Waals surface area contributed by atoms with Gasteiger partial charge >= 0.3 is 18.2 Å². The Morgan fingerprint density at radius 3 is 2.33 bits per heavy atom. The first-order valence-electron chi connectivity index (χ1n) is 17.6. The summed E-state index contributed by atoms with van der Waals surface area (Å²) in [6, 6.07) is 1.43. The van der Waals surface area contributed by atoms with E-state index in [1.807, 2.05) is 46.8 Å². The lowest BCUT2D eigenvalue weighted by Gasteiger charge is -2.34. The number of carboxylic acid groups (broad SMARTS) is 1. The highest BCUT2D eigenvalue weighted by Crippen LogP contribution is 2.30. The Morgan fingerprint density at radius 1 is 1.04 bits per heavy atom. The Hall–Kier alpha value is -4.16. The van der Waals surface area contributed by atoms with Crippen LogP contribution < -0.4 is 10.6 Å². The zero-order chi connectivity index (χ0) is 36.6. The first-order chi connectivity index (χ1) is 23.3. The third-order valence-electron chi connectivity index (χ3n) is 8.38. The minimum atomic E-state index is -0.881. The largest absolute Gasteiger partial charge is 0.465 e. The number of fused-ring (bicyclic) bond motifs is 1. The van der Waals surface area contributed by atoms with Gasteiger partial charge in [0.1, 0.15) is 18.1 Å². The minimum Gasteiger partial charge on any atom is -0.465 e. The highest BCUT2D eigenvalue weighted by atomic mass is 16.5. The van der Waals surface area contributed by atoms with Crippen LogP contribution in [0.1, 0.15) is 104 Å². The van der Waals surface area contributed by atoms with Gasteiger partial charge in [0, 0.05) is 12.7 Å². The van der Waals surface area contributed by atoms with E-state index in [9.17, 15) is 24.0 Å². The maximum Gasteiger partial charge on any atom is 0.407 e. The summed E-state index contributed by atoms with van der Waals surface area (Å²) in [7, 11) is 0. The molecule has 3 aliphatic rings. The van der Waals surface area contributed by atoms with Crippen molar-refractivity contribution in [2.45, 2.75) is 124 Å². The first-order valence-corrected chi connectivity index (χ1v) is 17.6. The summed E-state index contributed by atoms with van der Waals surface area (Å²) >= 11 is 0. The lowest BCUT2D eigenvalue weighted by molar-refractivity contribution is -0.148. The van der Waals surface area contributed by atoms with Crippen LogP contribution in [0.2, 0.25) is 0 Å². The number of hydrogen-bond acceptors (Lipinski definition) is 8. The quantitative estimate of drug-likeness (QED) is 0.215. The van der Waals surface area contributed by atoms with E-state index in [1.54, 1.807) is 24.1 Å². The van der Waals surface area contributed by atoms with Gasteiger partial charge in [-0.3, -0.25) is 19.5 Å². The molecule has 274 valence electrons. The highest BCUT2D eigenvalue weighted by molar-refractivity contribution is 5.93. The summed E-state index contributed by atoms with van der Waals surface area (Å²) in [5.74, 6) is -1.19. The van der Waals surface area contributed by atoms with Gasteiger partial charge in [-0.1, -0.05) is 66.0 Å². The molecule has 3 N–H and O–H groups in total. The molecule has 0 spiro atoms. The molecule has 4 rings (SSSR count). The Labute approximate surface area is 291 Å². The number of ether oxygens (including phenoxy) is 2. The number of nitrogens with one attached hydrogen (secondary N) is 2. The fourth-order valence-electron chi connectivity index (χ4n) is 6.01. The van der Waals surface area contributed by atoms with E-state index in [0.717, 1.165) is 43.4 Å². The summed E-state index contributed by atoms with van der Waals surface area (Å²) in [5, 5.41) is 14.2. The van der Waals surface area contributed by atoms with Gasteiger partial charge in [-0.15, -0.1) is 6.58 Å². The molecule has 3 heterocycles. The second-order valence-electron chi connectivity index (χ2n) is 13.4. The third kappa shape index (κ3) is 13.0. The van der Waals surface area contributed by atoms with Gasteiger partial charge in [0.25, 0.3) is 0 Å². The molecule has 1 saturated heterocycles. The fraction of sp³-hybridized carbons (Fsp3) is 0.667. The molecule has 1 saturated carbocycles. The highest BCUT2D eigenvalue weighted by Gasteiger charge is 2.41. The van der Waals surface area contributed by atoms with Crippen LogP contribution in [0.4, 0.5) is 9.59 Å². The van der Waals surface area contributed by atoms with Gasteiger partial charge in [-0.05, 0) is 62.0 Å². The maximum absolute atomic E-state index is 13.7.